The zero-order valence-corrected chi connectivity index (χ0v) is 25.3. The highest BCUT2D eigenvalue weighted by Gasteiger charge is 2.22. The summed E-state index contributed by atoms with van der Waals surface area (Å²) in [5, 5.41) is 25.8. The van der Waals surface area contributed by atoms with Crippen molar-refractivity contribution < 1.29 is 0 Å². The maximum Gasteiger partial charge on any atom is 0.104 e. The first-order valence-electron chi connectivity index (χ1n) is 15.7. The third-order valence-corrected chi connectivity index (χ3v) is 8.93. The largest absolute Gasteiger partial charge is 0.308 e. The number of para-hydroxylation sites is 2. The summed E-state index contributed by atoms with van der Waals surface area (Å²) in [6.45, 7) is 4.44. The van der Waals surface area contributed by atoms with Crippen LogP contribution in [0, 0.1) is 22.7 Å². The van der Waals surface area contributed by atoms with Crippen LogP contribution in [0.3, 0.4) is 0 Å². The Labute approximate surface area is 258 Å². The molecule has 2 heterocycles. The summed E-state index contributed by atoms with van der Waals surface area (Å²) >= 11 is 0. The highest BCUT2D eigenvalue weighted by molar-refractivity contribution is 6.11. The van der Waals surface area contributed by atoms with E-state index in [1.54, 1.807) is 0 Å². The van der Waals surface area contributed by atoms with Crippen LogP contribution in [0.5, 0.6) is 0 Å². The van der Waals surface area contributed by atoms with E-state index in [2.05, 4.69) is 108 Å². The molecule has 0 aliphatic carbocycles. The van der Waals surface area contributed by atoms with Crippen molar-refractivity contribution >= 4 is 43.6 Å². The number of hydrogen-bond donors (Lipinski definition) is 0. The maximum absolute atomic E-state index is 10.9. The topological polar surface area (TPSA) is 57.4 Å². The van der Waals surface area contributed by atoms with Crippen molar-refractivity contribution in [3.63, 3.8) is 0 Å². The van der Waals surface area contributed by atoms with Crippen LogP contribution in [0.15, 0.2) is 97.1 Å². The van der Waals surface area contributed by atoms with Gasteiger partial charge in [-0.15, -0.1) is 0 Å². The van der Waals surface area contributed by atoms with Crippen LogP contribution in [0.25, 0.3) is 55.0 Å². The lowest BCUT2D eigenvalue weighted by Crippen LogP contribution is -2.05. The molecule has 4 nitrogen and oxygen atoms in total. The zero-order valence-electron chi connectivity index (χ0n) is 25.3. The molecule has 0 aliphatic heterocycles. The first-order valence-corrected chi connectivity index (χ1v) is 15.7. The van der Waals surface area contributed by atoms with Gasteiger partial charge in [0.1, 0.15) is 11.6 Å². The molecule has 0 bridgehead atoms. The van der Waals surface area contributed by atoms with E-state index in [-0.39, 0.29) is 0 Å². The number of aryl methyl sites for hydroxylation is 2. The Balaban J connectivity index is 1.54. The third kappa shape index (κ3) is 4.43. The summed E-state index contributed by atoms with van der Waals surface area (Å²) in [5.74, 6) is 0. The Kier molecular flexibility index (Phi) is 7.13. The van der Waals surface area contributed by atoms with Gasteiger partial charge < -0.3 is 9.13 Å². The van der Waals surface area contributed by atoms with Gasteiger partial charge in [-0.3, -0.25) is 0 Å². The molecule has 0 amide bonds. The van der Waals surface area contributed by atoms with Crippen molar-refractivity contribution in [2.75, 3.05) is 0 Å². The molecule has 5 aromatic carbocycles. The maximum atomic E-state index is 10.9. The second-order valence-corrected chi connectivity index (χ2v) is 11.7. The van der Waals surface area contributed by atoms with Crippen LogP contribution < -0.4 is 0 Å². The lowest BCUT2D eigenvalue weighted by atomic mass is 10.0. The van der Waals surface area contributed by atoms with Gasteiger partial charge in [-0.1, -0.05) is 75.2 Å². The van der Waals surface area contributed by atoms with Gasteiger partial charge in [0, 0.05) is 21.5 Å². The highest BCUT2D eigenvalue weighted by Crippen LogP contribution is 2.39. The van der Waals surface area contributed by atoms with Gasteiger partial charge >= 0.3 is 0 Å². The van der Waals surface area contributed by atoms with E-state index < -0.39 is 0 Å². The van der Waals surface area contributed by atoms with Crippen molar-refractivity contribution in [1.82, 2.24) is 9.13 Å². The summed E-state index contributed by atoms with van der Waals surface area (Å²) in [5.41, 5.74) is 9.25. The molecule has 0 saturated heterocycles. The van der Waals surface area contributed by atoms with Crippen LogP contribution in [-0.2, 0) is 12.8 Å². The Bertz CT molecular complexity index is 2140. The molecule has 0 atom stereocenters. The van der Waals surface area contributed by atoms with Crippen LogP contribution >= 0.6 is 0 Å². The standard InChI is InChI=1S/C40H34N4/c1-3-5-11-27-17-19-37-32(21-27)30-13-7-9-15-35(30)43(37)39-23-29(25-41)24-40(34(39)26-42)44-36-16-10-8-14-31(36)33-22-28(12-6-4-2)18-20-38(33)44/h7-10,13-24H,3-6,11-12H2,1-2H3. The minimum atomic E-state index is 0.519. The van der Waals surface area contributed by atoms with E-state index in [1.165, 1.54) is 21.9 Å². The molecule has 44 heavy (non-hydrogen) atoms. The molecule has 2 aromatic heterocycles. The van der Waals surface area contributed by atoms with E-state index in [0.29, 0.717) is 11.1 Å². The molecule has 0 unspecified atom stereocenters. The Morgan fingerprint density at radius 3 is 1.41 bits per heavy atom. The van der Waals surface area contributed by atoms with E-state index in [9.17, 15) is 10.5 Å². The molecule has 4 heteroatoms. The van der Waals surface area contributed by atoms with Gasteiger partial charge in [0.05, 0.1) is 45.1 Å². The quantitative estimate of drug-likeness (QED) is 0.182. The number of fused-ring (bicyclic) bond motifs is 6. The Hall–Kier alpha value is -5.32. The number of nitrogens with zero attached hydrogens (tertiary/aromatic N) is 4. The van der Waals surface area contributed by atoms with Gasteiger partial charge in [-0.25, -0.2) is 0 Å². The minimum Gasteiger partial charge on any atom is -0.308 e. The summed E-state index contributed by atoms with van der Waals surface area (Å²) in [6.07, 6.45) is 6.68. The predicted molar refractivity (Wildman–Crippen MR) is 182 cm³/mol. The number of aromatic nitrogens is 2. The molecular weight excluding hydrogens is 536 g/mol. The fourth-order valence-corrected chi connectivity index (χ4v) is 6.78. The van der Waals surface area contributed by atoms with Crippen LogP contribution in [0.1, 0.15) is 61.8 Å². The molecule has 0 fully saturated rings. The highest BCUT2D eigenvalue weighted by atomic mass is 15.0. The monoisotopic (exact) mass is 570 g/mol. The molecule has 0 N–H and O–H groups in total. The smallest absolute Gasteiger partial charge is 0.104 e. The predicted octanol–water partition coefficient (Wildman–Crippen LogP) is 10.3. The molecule has 7 rings (SSSR count). The Morgan fingerprint density at radius 1 is 0.523 bits per heavy atom. The van der Waals surface area contributed by atoms with E-state index in [1.807, 2.05) is 24.3 Å². The molecule has 0 aliphatic rings. The van der Waals surface area contributed by atoms with Crippen molar-refractivity contribution in [2.45, 2.75) is 52.4 Å². The number of hydrogen-bond acceptors (Lipinski definition) is 2. The van der Waals surface area contributed by atoms with E-state index in [0.717, 1.165) is 82.7 Å². The van der Waals surface area contributed by atoms with Crippen LogP contribution in [0.2, 0.25) is 0 Å². The number of unbranched alkanes of at least 4 members (excludes halogenated alkanes) is 2. The molecule has 7 aromatic rings. The first kappa shape index (κ1) is 27.5. The summed E-state index contributed by atoms with van der Waals surface area (Å²) in [6, 6.07) is 38.8. The fourth-order valence-electron chi connectivity index (χ4n) is 6.78. The average molecular weight is 571 g/mol. The third-order valence-electron chi connectivity index (χ3n) is 8.93. The molecular formula is C40H34N4. The van der Waals surface area contributed by atoms with Crippen molar-refractivity contribution in [3.05, 3.63) is 119 Å². The van der Waals surface area contributed by atoms with Crippen molar-refractivity contribution in [1.29, 1.82) is 10.5 Å². The number of rotatable bonds is 8. The number of nitriles is 2. The average Bonchev–Trinajstić information content (AvgIpc) is 3.58. The summed E-state index contributed by atoms with van der Waals surface area (Å²) in [4.78, 5) is 0. The van der Waals surface area contributed by atoms with Crippen LogP contribution in [0.4, 0.5) is 0 Å². The molecule has 0 spiro atoms. The van der Waals surface area contributed by atoms with E-state index in [4.69, 9.17) is 0 Å². The zero-order chi connectivity index (χ0) is 30.2. The molecule has 0 saturated carbocycles. The van der Waals surface area contributed by atoms with Gasteiger partial charge in [-0.2, -0.15) is 10.5 Å². The second-order valence-electron chi connectivity index (χ2n) is 11.7. The Morgan fingerprint density at radius 2 is 0.977 bits per heavy atom. The lowest BCUT2D eigenvalue weighted by molar-refractivity contribution is 0.796. The summed E-state index contributed by atoms with van der Waals surface area (Å²) < 4.78 is 4.35. The molecule has 214 valence electrons. The normalized spacial score (nSPS) is 11.5. The van der Waals surface area contributed by atoms with Crippen molar-refractivity contribution in [3.8, 4) is 23.5 Å². The molecule has 0 radical (unpaired) electrons. The van der Waals surface area contributed by atoms with Gasteiger partial charge in [0.2, 0.25) is 0 Å². The van der Waals surface area contributed by atoms with Gasteiger partial charge in [0.25, 0.3) is 0 Å². The minimum absolute atomic E-state index is 0.519. The van der Waals surface area contributed by atoms with Crippen molar-refractivity contribution in [2.24, 2.45) is 0 Å². The fraction of sp³-hybridized carbons (Fsp3) is 0.200. The van der Waals surface area contributed by atoms with Gasteiger partial charge in [0.15, 0.2) is 0 Å². The van der Waals surface area contributed by atoms with Crippen LogP contribution in [-0.4, -0.2) is 9.13 Å². The second kappa shape index (κ2) is 11.4. The van der Waals surface area contributed by atoms with Gasteiger partial charge in [-0.05, 0) is 85.3 Å². The lowest BCUT2D eigenvalue weighted by Gasteiger charge is -2.16. The SMILES string of the molecule is CCCCc1ccc2c(c1)c1ccccc1n2-c1cc(C#N)cc(-n2c3ccccc3c3cc(CCCC)ccc32)c1C#N. The summed E-state index contributed by atoms with van der Waals surface area (Å²) in [7, 11) is 0. The van der Waals surface area contributed by atoms with E-state index >= 15 is 0 Å². The first-order chi connectivity index (χ1) is 21.7. The number of benzene rings is 5.